The van der Waals surface area contributed by atoms with Gasteiger partial charge in [-0.05, 0) is 122 Å². The Morgan fingerprint density at radius 2 is 0.838 bits per heavy atom. The summed E-state index contributed by atoms with van der Waals surface area (Å²) < 4.78 is 7.14. The van der Waals surface area contributed by atoms with Gasteiger partial charge in [0.2, 0.25) is 0 Å². The van der Waals surface area contributed by atoms with E-state index in [0.717, 1.165) is 67.5 Å². The zero-order chi connectivity index (χ0) is 45.0. The lowest BCUT2D eigenvalue weighted by Crippen LogP contribution is -2.28. The lowest BCUT2D eigenvalue weighted by atomic mass is 9.68. The number of fused-ring (bicyclic) bond motifs is 5. The van der Waals surface area contributed by atoms with Gasteiger partial charge in [-0.1, -0.05) is 194 Å². The van der Waals surface area contributed by atoms with Gasteiger partial charge >= 0.3 is 0 Å². The van der Waals surface area contributed by atoms with Crippen molar-refractivity contribution in [3.05, 3.63) is 289 Å². The molecule has 0 fully saturated rings. The summed E-state index contributed by atoms with van der Waals surface area (Å²) in [7, 11) is 0. The summed E-state index contributed by atoms with van der Waals surface area (Å²) in [6.45, 7) is 0. The standard InChI is InChI=1S/C65H44N2O/c1-6-20-45(21-7-1)46-36-38-52(39-37-46)66(53-40-41-59-57(43-53)55-31-16-17-33-58(55)65(59,48-23-8-2-9-24-48)49-25-10-3-11-26-49)54-42-47-22-18-32-56-63(47)62(44-54)68-61-35-19-34-60(64(56)61)67(50-27-12-4-13-28-50)51-29-14-5-15-30-51/h1-44H. The number of nitrogens with zero attached hydrogens (tertiary/aromatic N) is 2. The maximum atomic E-state index is 7.14. The van der Waals surface area contributed by atoms with Gasteiger partial charge in [-0.2, -0.15) is 0 Å². The van der Waals surface area contributed by atoms with E-state index in [1.165, 1.54) is 44.5 Å². The minimum Gasteiger partial charge on any atom is -0.456 e. The molecule has 1 aliphatic carbocycles. The van der Waals surface area contributed by atoms with Gasteiger partial charge in [-0.25, -0.2) is 0 Å². The molecular formula is C65H44N2O. The van der Waals surface area contributed by atoms with E-state index in [-0.39, 0.29) is 0 Å². The Balaban J connectivity index is 1.01. The van der Waals surface area contributed by atoms with Crippen molar-refractivity contribution in [2.75, 3.05) is 9.80 Å². The molecule has 0 saturated carbocycles. The summed E-state index contributed by atoms with van der Waals surface area (Å²) in [5, 5.41) is 2.20. The van der Waals surface area contributed by atoms with Gasteiger partial charge in [0.15, 0.2) is 0 Å². The maximum Gasteiger partial charge on any atom is 0.138 e. The van der Waals surface area contributed by atoms with E-state index in [4.69, 9.17) is 4.74 Å². The summed E-state index contributed by atoms with van der Waals surface area (Å²) in [6.07, 6.45) is 0. The average molecular weight is 869 g/mol. The average Bonchev–Trinajstić information content (AvgIpc) is 3.71. The van der Waals surface area contributed by atoms with Crippen LogP contribution in [0.25, 0.3) is 44.2 Å². The Labute approximate surface area is 397 Å². The zero-order valence-corrected chi connectivity index (χ0v) is 37.2. The quantitative estimate of drug-likeness (QED) is 0.144. The zero-order valence-electron chi connectivity index (χ0n) is 37.2. The molecule has 11 aromatic carbocycles. The van der Waals surface area contributed by atoms with E-state index in [2.05, 4.69) is 277 Å². The number of hydrogen-bond acceptors (Lipinski definition) is 3. The van der Waals surface area contributed by atoms with Crippen LogP contribution in [0.3, 0.4) is 0 Å². The van der Waals surface area contributed by atoms with Crippen LogP contribution >= 0.6 is 0 Å². The van der Waals surface area contributed by atoms with Crippen LogP contribution in [0.4, 0.5) is 34.1 Å². The summed E-state index contributed by atoms with van der Waals surface area (Å²) in [6, 6.07) is 96.4. The van der Waals surface area contributed by atoms with Gasteiger partial charge in [-0.15, -0.1) is 0 Å². The maximum absolute atomic E-state index is 7.14. The van der Waals surface area contributed by atoms with Gasteiger partial charge in [-0.3, -0.25) is 0 Å². The third-order valence-corrected chi connectivity index (χ3v) is 13.9. The van der Waals surface area contributed by atoms with Crippen LogP contribution in [-0.4, -0.2) is 0 Å². The molecule has 1 aliphatic heterocycles. The molecule has 11 aromatic rings. The van der Waals surface area contributed by atoms with E-state index in [1.807, 2.05) is 0 Å². The Morgan fingerprint density at radius 1 is 0.309 bits per heavy atom. The van der Waals surface area contributed by atoms with Crippen molar-refractivity contribution in [1.82, 2.24) is 0 Å². The topological polar surface area (TPSA) is 15.7 Å². The van der Waals surface area contributed by atoms with Crippen LogP contribution in [0.1, 0.15) is 22.3 Å². The van der Waals surface area contributed by atoms with Crippen LogP contribution in [0.15, 0.2) is 267 Å². The van der Waals surface area contributed by atoms with Crippen molar-refractivity contribution in [2.24, 2.45) is 0 Å². The van der Waals surface area contributed by atoms with Crippen molar-refractivity contribution in [3.8, 4) is 44.9 Å². The van der Waals surface area contributed by atoms with E-state index in [0.29, 0.717) is 0 Å². The first-order chi connectivity index (χ1) is 33.7. The van der Waals surface area contributed by atoms with Gasteiger partial charge in [0.25, 0.3) is 0 Å². The second-order valence-electron chi connectivity index (χ2n) is 17.6. The van der Waals surface area contributed by atoms with Gasteiger partial charge in [0.1, 0.15) is 11.5 Å². The predicted molar refractivity (Wildman–Crippen MR) is 282 cm³/mol. The Bertz CT molecular complexity index is 3550. The molecule has 320 valence electrons. The van der Waals surface area contributed by atoms with Crippen LogP contribution in [0.5, 0.6) is 11.5 Å². The fourth-order valence-electron chi connectivity index (χ4n) is 11.0. The third kappa shape index (κ3) is 6.28. The molecule has 3 nitrogen and oxygen atoms in total. The first kappa shape index (κ1) is 39.4. The molecule has 0 N–H and O–H groups in total. The van der Waals surface area contributed by atoms with E-state index in [9.17, 15) is 0 Å². The molecule has 0 bridgehead atoms. The molecule has 1 heterocycles. The normalized spacial score (nSPS) is 12.6. The first-order valence-corrected chi connectivity index (χ1v) is 23.3. The molecule has 0 saturated heterocycles. The van der Waals surface area contributed by atoms with Crippen molar-refractivity contribution in [2.45, 2.75) is 5.41 Å². The van der Waals surface area contributed by atoms with Crippen LogP contribution in [0, 0.1) is 0 Å². The molecule has 0 spiro atoms. The van der Waals surface area contributed by atoms with Gasteiger partial charge < -0.3 is 14.5 Å². The lowest BCUT2D eigenvalue weighted by molar-refractivity contribution is 0.487. The summed E-state index contributed by atoms with van der Waals surface area (Å²) in [4.78, 5) is 4.73. The number of anilines is 6. The summed E-state index contributed by atoms with van der Waals surface area (Å²) in [5.74, 6) is 1.65. The fraction of sp³-hybridized carbons (Fsp3) is 0.0154. The highest BCUT2D eigenvalue weighted by molar-refractivity contribution is 6.09. The smallest absolute Gasteiger partial charge is 0.138 e. The molecular weight excluding hydrogens is 825 g/mol. The molecule has 0 aromatic heterocycles. The predicted octanol–water partition coefficient (Wildman–Crippen LogP) is 17.6. The van der Waals surface area contributed by atoms with E-state index >= 15 is 0 Å². The lowest BCUT2D eigenvalue weighted by Gasteiger charge is -2.34. The molecule has 0 unspecified atom stereocenters. The monoisotopic (exact) mass is 868 g/mol. The Kier molecular flexibility index (Phi) is 9.40. The fourth-order valence-corrected chi connectivity index (χ4v) is 11.0. The number of benzene rings is 11. The minimum atomic E-state index is -0.491. The molecule has 68 heavy (non-hydrogen) atoms. The molecule has 13 rings (SSSR count). The van der Waals surface area contributed by atoms with Gasteiger partial charge in [0, 0.05) is 39.8 Å². The molecule has 0 radical (unpaired) electrons. The molecule has 3 heteroatoms. The molecule has 0 atom stereocenters. The van der Waals surface area contributed by atoms with Crippen LogP contribution < -0.4 is 14.5 Å². The van der Waals surface area contributed by atoms with Crippen molar-refractivity contribution in [3.63, 3.8) is 0 Å². The Morgan fingerprint density at radius 3 is 1.51 bits per heavy atom. The number of ether oxygens (including phenoxy) is 1. The third-order valence-electron chi connectivity index (χ3n) is 13.9. The highest BCUT2D eigenvalue weighted by atomic mass is 16.5. The highest BCUT2D eigenvalue weighted by Crippen LogP contribution is 2.58. The molecule has 0 amide bonds. The van der Waals surface area contributed by atoms with Crippen LogP contribution in [0.2, 0.25) is 0 Å². The summed E-state index contributed by atoms with van der Waals surface area (Å²) in [5.41, 5.74) is 17.9. The van der Waals surface area contributed by atoms with Crippen molar-refractivity contribution < 1.29 is 4.74 Å². The van der Waals surface area contributed by atoms with Crippen LogP contribution in [-0.2, 0) is 5.41 Å². The van der Waals surface area contributed by atoms with Crippen molar-refractivity contribution in [1.29, 1.82) is 0 Å². The minimum absolute atomic E-state index is 0.491. The molecule has 2 aliphatic rings. The highest BCUT2D eigenvalue weighted by Gasteiger charge is 2.46. The van der Waals surface area contributed by atoms with Gasteiger partial charge in [0.05, 0.1) is 16.8 Å². The summed E-state index contributed by atoms with van der Waals surface area (Å²) >= 11 is 0. The Hall–Kier alpha value is -8.92. The SMILES string of the molecule is c1ccc(-c2ccc(N(c3ccc4c(c3)-c3ccccc3C4(c3ccccc3)c3ccccc3)c3cc4c5c(cccc5c3)-c3c(cccc3N(c3ccccc3)c3ccccc3)O4)cc2)cc1. The van der Waals surface area contributed by atoms with E-state index in [1.54, 1.807) is 0 Å². The second kappa shape index (κ2) is 16.2. The number of rotatable bonds is 9. The van der Waals surface area contributed by atoms with Crippen molar-refractivity contribution >= 4 is 44.9 Å². The number of para-hydroxylation sites is 2. The second-order valence-corrected chi connectivity index (χ2v) is 17.6. The first-order valence-electron chi connectivity index (χ1n) is 23.3. The largest absolute Gasteiger partial charge is 0.456 e. The number of hydrogen-bond donors (Lipinski definition) is 0. The van der Waals surface area contributed by atoms with E-state index < -0.39 is 5.41 Å².